The maximum absolute atomic E-state index is 4.93. The van der Waals surface area contributed by atoms with Crippen LogP contribution < -0.4 is 0 Å². The van der Waals surface area contributed by atoms with Gasteiger partial charge in [-0.3, -0.25) is 4.40 Å². The number of aryl methyl sites for hydroxylation is 2. The van der Waals surface area contributed by atoms with Gasteiger partial charge in [0.1, 0.15) is 11.5 Å². The molecule has 0 aromatic carbocycles. The van der Waals surface area contributed by atoms with Crippen LogP contribution in [-0.2, 0) is 10.8 Å². The Bertz CT molecular complexity index is 905. The van der Waals surface area contributed by atoms with E-state index in [0.29, 0.717) is 0 Å². The molecule has 23 heavy (non-hydrogen) atoms. The average Bonchev–Trinajstić information content (AvgIpc) is 2.72. The molecule has 3 aromatic rings. The van der Waals surface area contributed by atoms with Crippen molar-refractivity contribution >= 4 is 16.7 Å². The zero-order chi connectivity index (χ0) is 17.2. The van der Waals surface area contributed by atoms with Gasteiger partial charge in [0.05, 0.1) is 11.1 Å². The Balaban J connectivity index is 2.48. The molecule has 3 aromatic heterocycles. The van der Waals surface area contributed by atoms with Crippen LogP contribution in [-0.4, -0.2) is 19.4 Å². The molecule has 4 nitrogen and oxygen atoms in total. The van der Waals surface area contributed by atoms with E-state index in [1.807, 2.05) is 0 Å². The van der Waals surface area contributed by atoms with Crippen LogP contribution in [0.4, 0.5) is 0 Å². The third kappa shape index (κ3) is 2.50. The lowest BCUT2D eigenvalue weighted by Gasteiger charge is -2.22. The van der Waals surface area contributed by atoms with Gasteiger partial charge in [0.25, 0.3) is 0 Å². The lowest BCUT2D eigenvalue weighted by atomic mass is 9.91. The molecular formula is C19H26N4. The number of fused-ring (bicyclic) bond motifs is 3. The number of imidazole rings is 1. The second kappa shape index (κ2) is 4.76. The molecule has 0 atom stereocenters. The van der Waals surface area contributed by atoms with E-state index in [1.165, 1.54) is 0 Å². The maximum atomic E-state index is 4.93. The Morgan fingerprint density at radius 3 is 2.04 bits per heavy atom. The average molecular weight is 310 g/mol. The molecule has 0 bridgehead atoms. The van der Waals surface area contributed by atoms with Gasteiger partial charge < -0.3 is 0 Å². The van der Waals surface area contributed by atoms with Gasteiger partial charge in [0.15, 0.2) is 5.65 Å². The summed E-state index contributed by atoms with van der Waals surface area (Å²) in [7, 11) is 0. The van der Waals surface area contributed by atoms with E-state index in [0.717, 1.165) is 39.6 Å². The lowest BCUT2D eigenvalue weighted by Crippen LogP contribution is -2.20. The molecule has 0 aliphatic carbocycles. The monoisotopic (exact) mass is 310 g/mol. The Kier molecular flexibility index (Phi) is 3.29. The van der Waals surface area contributed by atoms with Crippen LogP contribution in [0, 0.1) is 13.8 Å². The Labute approximate surface area is 138 Å². The molecule has 0 saturated heterocycles. The highest BCUT2D eigenvalue weighted by molar-refractivity contribution is 5.89. The van der Waals surface area contributed by atoms with E-state index in [-0.39, 0.29) is 10.8 Å². The highest BCUT2D eigenvalue weighted by Crippen LogP contribution is 2.29. The molecule has 0 saturated carbocycles. The summed E-state index contributed by atoms with van der Waals surface area (Å²) in [6, 6.07) is 4.21. The van der Waals surface area contributed by atoms with Crippen molar-refractivity contribution in [2.45, 2.75) is 66.2 Å². The molecule has 0 spiro atoms. The minimum absolute atomic E-state index is 0.00511. The van der Waals surface area contributed by atoms with Gasteiger partial charge in [-0.15, -0.1) is 0 Å². The normalized spacial score (nSPS) is 13.2. The van der Waals surface area contributed by atoms with E-state index in [9.17, 15) is 0 Å². The molecule has 122 valence electrons. The molecule has 0 amide bonds. The minimum Gasteiger partial charge on any atom is -0.284 e. The quantitative estimate of drug-likeness (QED) is 0.614. The lowest BCUT2D eigenvalue weighted by molar-refractivity contribution is 0.535. The summed E-state index contributed by atoms with van der Waals surface area (Å²) in [5, 5.41) is 1.02. The van der Waals surface area contributed by atoms with Crippen LogP contribution >= 0.6 is 0 Å². The first kappa shape index (κ1) is 15.9. The number of aromatic nitrogens is 4. The fraction of sp³-hybridized carbons (Fsp3) is 0.526. The Morgan fingerprint density at radius 1 is 0.826 bits per heavy atom. The zero-order valence-electron chi connectivity index (χ0n) is 15.4. The summed E-state index contributed by atoms with van der Waals surface area (Å²) >= 11 is 0. The Morgan fingerprint density at radius 2 is 1.48 bits per heavy atom. The molecule has 0 aliphatic rings. The number of rotatable bonds is 0. The van der Waals surface area contributed by atoms with Gasteiger partial charge in [-0.05, 0) is 26.0 Å². The molecule has 0 aliphatic heterocycles. The van der Waals surface area contributed by atoms with Gasteiger partial charge in [0.2, 0.25) is 0 Å². The Hall–Kier alpha value is -1.97. The maximum Gasteiger partial charge on any atom is 0.165 e. The van der Waals surface area contributed by atoms with E-state index in [4.69, 9.17) is 15.0 Å². The van der Waals surface area contributed by atoms with Gasteiger partial charge >= 0.3 is 0 Å². The van der Waals surface area contributed by atoms with E-state index in [1.54, 1.807) is 0 Å². The first-order valence-electron chi connectivity index (χ1n) is 8.17. The summed E-state index contributed by atoms with van der Waals surface area (Å²) < 4.78 is 2.19. The van der Waals surface area contributed by atoms with Crippen molar-refractivity contribution in [3.8, 4) is 0 Å². The summed E-state index contributed by atoms with van der Waals surface area (Å²) in [5.74, 6) is 1.01. The second-order valence-corrected chi connectivity index (χ2v) is 8.44. The van der Waals surface area contributed by atoms with Crippen LogP contribution in [0.3, 0.4) is 0 Å². The predicted molar refractivity (Wildman–Crippen MR) is 95.2 cm³/mol. The molecule has 4 heteroatoms. The fourth-order valence-electron chi connectivity index (χ4n) is 2.83. The van der Waals surface area contributed by atoms with Crippen LogP contribution in [0.1, 0.15) is 64.4 Å². The van der Waals surface area contributed by atoms with Crippen LogP contribution in [0.5, 0.6) is 0 Å². The third-order valence-electron chi connectivity index (χ3n) is 4.32. The van der Waals surface area contributed by atoms with Gasteiger partial charge in [-0.2, -0.15) is 0 Å². The molecule has 0 fully saturated rings. The van der Waals surface area contributed by atoms with Crippen molar-refractivity contribution in [3.05, 3.63) is 35.0 Å². The molecule has 3 heterocycles. The number of nitrogens with zero attached hydrogens (tertiary/aromatic N) is 4. The largest absolute Gasteiger partial charge is 0.284 e. The van der Waals surface area contributed by atoms with Crippen molar-refractivity contribution in [2.75, 3.05) is 0 Å². The highest BCUT2D eigenvalue weighted by Gasteiger charge is 2.25. The molecule has 0 unspecified atom stereocenters. The molecule has 3 rings (SSSR count). The predicted octanol–water partition coefficient (Wildman–Crippen LogP) is 4.49. The van der Waals surface area contributed by atoms with Crippen molar-refractivity contribution < 1.29 is 0 Å². The first-order chi connectivity index (χ1) is 10.5. The SMILES string of the molecule is Cc1nc2c3ccc(C(C)(C)C)nc3nc(C(C)(C)C)n2c1C. The van der Waals surface area contributed by atoms with Crippen LogP contribution in [0.2, 0.25) is 0 Å². The van der Waals surface area contributed by atoms with Gasteiger partial charge in [-0.1, -0.05) is 41.5 Å². The first-order valence-corrected chi connectivity index (χ1v) is 8.17. The van der Waals surface area contributed by atoms with Crippen molar-refractivity contribution in [3.63, 3.8) is 0 Å². The summed E-state index contributed by atoms with van der Waals surface area (Å²) in [4.78, 5) is 14.6. The second-order valence-electron chi connectivity index (χ2n) is 8.44. The topological polar surface area (TPSA) is 43.1 Å². The fourth-order valence-corrected chi connectivity index (χ4v) is 2.83. The van der Waals surface area contributed by atoms with Crippen molar-refractivity contribution in [1.29, 1.82) is 0 Å². The number of hydrogen-bond acceptors (Lipinski definition) is 3. The minimum atomic E-state index is -0.0796. The standard InChI is InChI=1S/C19H26N4/c1-11-12(2)23-16(20-11)13-9-10-14(18(3,4)5)21-15(13)22-17(23)19(6,7)8/h9-10H,1-8H3. The summed E-state index contributed by atoms with van der Waals surface area (Å²) in [5.41, 5.74) is 4.93. The smallest absolute Gasteiger partial charge is 0.165 e. The summed E-state index contributed by atoms with van der Waals surface area (Å²) in [6.07, 6.45) is 0. The van der Waals surface area contributed by atoms with Crippen molar-refractivity contribution in [1.82, 2.24) is 19.4 Å². The van der Waals surface area contributed by atoms with E-state index in [2.05, 4.69) is 71.9 Å². The molecule has 0 radical (unpaired) electrons. The van der Waals surface area contributed by atoms with E-state index >= 15 is 0 Å². The molecule has 0 N–H and O–H groups in total. The third-order valence-corrected chi connectivity index (χ3v) is 4.32. The molecular weight excluding hydrogens is 284 g/mol. The van der Waals surface area contributed by atoms with Crippen LogP contribution in [0.25, 0.3) is 16.7 Å². The summed E-state index contributed by atoms with van der Waals surface area (Å²) in [6.45, 7) is 17.2. The number of hydrogen-bond donors (Lipinski definition) is 0. The zero-order valence-corrected chi connectivity index (χ0v) is 15.4. The van der Waals surface area contributed by atoms with Gasteiger partial charge in [0, 0.05) is 22.2 Å². The highest BCUT2D eigenvalue weighted by atomic mass is 15.1. The van der Waals surface area contributed by atoms with Crippen molar-refractivity contribution in [2.24, 2.45) is 0 Å². The van der Waals surface area contributed by atoms with Crippen LogP contribution in [0.15, 0.2) is 12.1 Å². The van der Waals surface area contributed by atoms with Gasteiger partial charge in [-0.25, -0.2) is 15.0 Å². The van der Waals surface area contributed by atoms with E-state index < -0.39 is 0 Å². The number of pyridine rings is 1.